The van der Waals surface area contributed by atoms with Crippen molar-refractivity contribution in [1.82, 2.24) is 35.7 Å². The summed E-state index contributed by atoms with van der Waals surface area (Å²) in [6.45, 7) is 5.57. The van der Waals surface area contributed by atoms with Gasteiger partial charge in [0.05, 0.1) is 45.3 Å². The molecule has 1 aromatic carbocycles. The summed E-state index contributed by atoms with van der Waals surface area (Å²) in [6, 6.07) is 3.57. The Morgan fingerprint density at radius 3 is 2.10 bits per heavy atom. The highest BCUT2D eigenvalue weighted by Gasteiger charge is 2.38. The molecule has 1 fully saturated rings. The minimum Gasteiger partial charge on any atom is -0.394 e. The minimum absolute atomic E-state index is 0.0585. The van der Waals surface area contributed by atoms with Crippen LogP contribution in [-0.2, 0) is 66.7 Å². The predicted octanol–water partition coefficient (Wildman–Crippen LogP) is 1.79. The molecule has 2 heterocycles. The van der Waals surface area contributed by atoms with Gasteiger partial charge < -0.3 is 60.8 Å². The van der Waals surface area contributed by atoms with Gasteiger partial charge in [0.1, 0.15) is 30.2 Å². The van der Waals surface area contributed by atoms with Gasteiger partial charge >= 0.3 is 7.82 Å². The van der Waals surface area contributed by atoms with Crippen molar-refractivity contribution in [2.75, 3.05) is 40.1 Å². The van der Waals surface area contributed by atoms with E-state index in [0.29, 0.717) is 44.8 Å². The number of likely N-dealkylation sites (tertiary alicyclic amines) is 1. The van der Waals surface area contributed by atoms with Crippen molar-refractivity contribution < 1.29 is 62.2 Å². The number of amides is 6. The van der Waals surface area contributed by atoms with E-state index in [1.165, 1.54) is 23.3 Å². The number of ether oxygens (including phenoxy) is 2. The van der Waals surface area contributed by atoms with Gasteiger partial charge in [-0.15, -0.1) is 0 Å². The van der Waals surface area contributed by atoms with Gasteiger partial charge in [0.25, 0.3) is 0 Å². The Labute approximate surface area is 399 Å². The number of aryl methyl sites for hydroxylation is 2. The number of aliphatic hydroxyl groups is 1. The number of carbonyl (C=O) groups excluding carboxylic acids is 6. The average Bonchev–Trinajstić information content (AvgIpc) is 3.97. The van der Waals surface area contributed by atoms with Crippen LogP contribution in [0.2, 0.25) is 0 Å². The maximum atomic E-state index is 14.2. The third-order valence-electron chi connectivity index (χ3n) is 11.6. The first-order chi connectivity index (χ1) is 32.4. The molecule has 0 bridgehead atoms. The number of imidazole rings is 1. The van der Waals surface area contributed by atoms with Gasteiger partial charge in [0.15, 0.2) is 0 Å². The summed E-state index contributed by atoms with van der Waals surface area (Å²) in [4.78, 5) is 105. The molecule has 0 spiro atoms. The molecular weight excluding hydrogens is 904 g/mol. The number of aliphatic hydroxyl groups excluding tert-OH is 1. The summed E-state index contributed by atoms with van der Waals surface area (Å²) in [5, 5.41) is 20.3. The van der Waals surface area contributed by atoms with E-state index in [2.05, 4.69) is 55.0 Å². The number of nitrogens with two attached hydrogens (primary N) is 1. The molecule has 0 aliphatic carbocycles. The van der Waals surface area contributed by atoms with Gasteiger partial charge in [0, 0.05) is 38.5 Å². The van der Waals surface area contributed by atoms with Crippen molar-refractivity contribution >= 4 is 43.3 Å². The van der Waals surface area contributed by atoms with Crippen LogP contribution >= 0.6 is 7.82 Å². The molecule has 1 aromatic heterocycles. The van der Waals surface area contributed by atoms with Gasteiger partial charge in [-0.05, 0) is 56.9 Å². The third-order valence-corrected chi connectivity index (χ3v) is 12.2. The van der Waals surface area contributed by atoms with Crippen LogP contribution in [0, 0.1) is 5.92 Å². The van der Waals surface area contributed by atoms with Gasteiger partial charge in [-0.3, -0.25) is 33.3 Å². The van der Waals surface area contributed by atoms with Crippen molar-refractivity contribution in [2.45, 2.75) is 154 Å². The molecule has 21 nitrogen and oxygen atoms in total. The number of rotatable bonds is 34. The third kappa shape index (κ3) is 21.3. The van der Waals surface area contributed by atoms with Crippen LogP contribution in [-0.4, -0.2) is 141 Å². The maximum absolute atomic E-state index is 14.2. The van der Waals surface area contributed by atoms with Gasteiger partial charge in [-0.1, -0.05) is 82.7 Å². The Bertz CT molecular complexity index is 1920. The Kier molecular flexibility index (Phi) is 26.0. The number of phosphoric ester groups is 1. The molecule has 0 saturated carbocycles. The number of primary amides is 1. The zero-order valence-corrected chi connectivity index (χ0v) is 40.9. The van der Waals surface area contributed by atoms with Gasteiger partial charge in [-0.2, -0.15) is 0 Å². The summed E-state index contributed by atoms with van der Waals surface area (Å²) in [7, 11) is -3.58. The largest absolute Gasteiger partial charge is 0.469 e. The standard InChI is InChI=1S/C46H75N8O13P/c1-32(2)27-36(50-46(61)39-20-16-23-54(39)40(56)21-24-66-26-25-65-4)43(58)49-37(44(59)51-38(30-55)45(60)52-41(42(47)57)33(3)67-68(62,63)64)28-35-29-48-31-53(35)22-15-10-8-6-5-7-9-12-17-34-18-13-11-14-19-34/h11,13-14,18-19,29,31-33,36-39,41,55H,5-10,12,15-17,20-28,30H2,1-4H3,(H2,47,57)(H,49,58)(H,50,61)(H,51,59)(H,52,60)(H2,62,63,64)/t33-,36+,37+,38+,39+,41+/m1/s1. The fraction of sp³-hybridized carbons (Fsp3) is 0.674. The monoisotopic (exact) mass is 979 g/mol. The fourth-order valence-electron chi connectivity index (χ4n) is 8.00. The van der Waals surface area contributed by atoms with Crippen molar-refractivity contribution in [3.8, 4) is 0 Å². The van der Waals surface area contributed by atoms with E-state index in [4.69, 9.17) is 15.2 Å². The fourth-order valence-corrected chi connectivity index (χ4v) is 8.56. The average molecular weight is 979 g/mol. The Morgan fingerprint density at radius 2 is 1.47 bits per heavy atom. The number of nitrogens with one attached hydrogen (secondary N) is 4. The summed E-state index contributed by atoms with van der Waals surface area (Å²) in [6.07, 6.45) is 12.3. The molecule has 0 unspecified atom stereocenters. The zero-order chi connectivity index (χ0) is 50.1. The molecular formula is C46H75N8O13P. The molecule has 22 heteroatoms. The number of benzene rings is 1. The summed E-state index contributed by atoms with van der Waals surface area (Å²) < 4.78 is 28.2. The Hall–Kier alpha value is -4.76. The van der Waals surface area contributed by atoms with Crippen LogP contribution in [0.5, 0.6) is 0 Å². The molecule has 9 N–H and O–H groups in total. The molecule has 1 aliphatic heterocycles. The van der Waals surface area contributed by atoms with Crippen molar-refractivity contribution in [3.63, 3.8) is 0 Å². The van der Waals surface area contributed by atoms with Crippen molar-refractivity contribution in [1.29, 1.82) is 0 Å². The molecule has 68 heavy (non-hydrogen) atoms. The second-order valence-electron chi connectivity index (χ2n) is 17.6. The van der Waals surface area contributed by atoms with E-state index >= 15 is 0 Å². The van der Waals surface area contributed by atoms with E-state index < -0.39 is 80.3 Å². The van der Waals surface area contributed by atoms with E-state index in [-0.39, 0.29) is 37.7 Å². The second-order valence-corrected chi connectivity index (χ2v) is 18.8. The lowest BCUT2D eigenvalue weighted by atomic mass is 10.0. The molecule has 382 valence electrons. The first kappa shape index (κ1) is 57.6. The number of aromatic nitrogens is 2. The Morgan fingerprint density at radius 1 is 0.838 bits per heavy atom. The van der Waals surface area contributed by atoms with Gasteiger partial charge in [0.2, 0.25) is 35.4 Å². The minimum atomic E-state index is -5.12. The number of nitrogens with zero attached hydrogens (tertiary/aromatic N) is 3. The molecule has 1 saturated heterocycles. The smallest absolute Gasteiger partial charge is 0.394 e. The normalized spacial score (nSPS) is 16.1. The molecule has 3 rings (SSSR count). The number of unbranched alkanes of at least 4 members (excludes halogenated alkanes) is 7. The maximum Gasteiger partial charge on any atom is 0.469 e. The number of carbonyl (C=O) groups is 6. The van der Waals surface area contributed by atoms with E-state index in [1.807, 2.05) is 24.5 Å². The number of hydrogen-bond donors (Lipinski definition) is 8. The first-order valence-electron chi connectivity index (χ1n) is 23.7. The van der Waals surface area contributed by atoms with Crippen LogP contribution in [0.3, 0.4) is 0 Å². The lowest BCUT2D eigenvalue weighted by molar-refractivity contribution is -0.140. The van der Waals surface area contributed by atoms with Crippen LogP contribution in [0.4, 0.5) is 0 Å². The summed E-state index contributed by atoms with van der Waals surface area (Å²) in [5.41, 5.74) is 7.31. The number of methoxy groups -OCH3 is 1. The quantitative estimate of drug-likeness (QED) is 0.0367. The number of phosphoric acid groups is 1. The molecule has 2 aromatic rings. The molecule has 6 atom stereocenters. The van der Waals surface area contributed by atoms with E-state index in [1.54, 1.807) is 19.6 Å². The SMILES string of the molecule is COCCOCCC(=O)N1CCC[C@H]1C(=O)N[C@@H](CC(C)C)C(=O)N[C@@H](Cc1cncn1CCCCCCCCCCc1ccccc1)C(=O)N[C@@H](CO)C(=O)N[C@H](C(N)=O)[C@@H](C)OP(=O)(O)O. The van der Waals surface area contributed by atoms with Crippen LogP contribution in [0.15, 0.2) is 42.9 Å². The van der Waals surface area contributed by atoms with E-state index in [9.17, 15) is 48.2 Å². The van der Waals surface area contributed by atoms with Crippen LogP contribution < -0.4 is 27.0 Å². The summed E-state index contributed by atoms with van der Waals surface area (Å²) in [5.74, 6) is -4.91. The molecule has 0 radical (unpaired) electrons. The highest BCUT2D eigenvalue weighted by molar-refractivity contribution is 7.46. The molecule has 1 aliphatic rings. The van der Waals surface area contributed by atoms with Crippen LogP contribution in [0.25, 0.3) is 0 Å². The molecule has 6 amide bonds. The topological polar surface area (TPSA) is 303 Å². The van der Waals surface area contributed by atoms with Crippen molar-refractivity contribution in [2.24, 2.45) is 11.7 Å². The highest BCUT2D eigenvalue weighted by Crippen LogP contribution is 2.38. The predicted molar refractivity (Wildman–Crippen MR) is 251 cm³/mol. The first-order valence-corrected chi connectivity index (χ1v) is 25.2. The highest BCUT2D eigenvalue weighted by atomic mass is 31.2. The lowest BCUT2D eigenvalue weighted by Gasteiger charge is -2.29. The lowest BCUT2D eigenvalue weighted by Crippen LogP contribution is -2.61. The van der Waals surface area contributed by atoms with Crippen LogP contribution in [0.1, 0.15) is 109 Å². The second kappa shape index (κ2) is 30.7. The van der Waals surface area contributed by atoms with E-state index in [0.717, 1.165) is 51.9 Å². The Balaban J connectivity index is 1.73. The summed E-state index contributed by atoms with van der Waals surface area (Å²) >= 11 is 0. The zero-order valence-electron chi connectivity index (χ0n) is 40.0. The number of hydrogen-bond acceptors (Lipinski definition) is 12. The van der Waals surface area contributed by atoms with Crippen molar-refractivity contribution in [3.05, 3.63) is 54.1 Å². The van der Waals surface area contributed by atoms with Gasteiger partial charge in [-0.25, -0.2) is 9.55 Å².